The number of thioether (sulfide) groups is 1. The molecule has 0 N–H and O–H groups in total. The Morgan fingerprint density at radius 2 is 2.14 bits per heavy atom. The van der Waals surface area contributed by atoms with Gasteiger partial charge in [0.1, 0.15) is 7.05 Å². The van der Waals surface area contributed by atoms with Gasteiger partial charge in [0.05, 0.1) is 11.3 Å². The minimum absolute atomic E-state index is 0. The molecule has 3 heteroatoms. The predicted octanol–water partition coefficient (Wildman–Crippen LogP) is -0.865. The van der Waals surface area contributed by atoms with E-state index in [1.165, 1.54) is 28.5 Å². The van der Waals surface area contributed by atoms with Crippen LogP contribution in [-0.4, -0.2) is 29.0 Å². The highest BCUT2D eigenvalue weighted by molar-refractivity contribution is 8.14. The number of hydrogen-bond acceptors (Lipinski definition) is 1. The summed E-state index contributed by atoms with van der Waals surface area (Å²) in [6.45, 7) is 3.32. The van der Waals surface area contributed by atoms with Crippen molar-refractivity contribution < 1.29 is 28.6 Å². The minimum atomic E-state index is 0. The fourth-order valence-corrected chi connectivity index (χ4v) is 2.74. The third kappa shape index (κ3) is 2.51. The number of rotatable bonds is 1. The minimum Gasteiger partial charge on any atom is -1.00 e. The summed E-state index contributed by atoms with van der Waals surface area (Å²) in [5, 5.41) is 1.42. The van der Waals surface area contributed by atoms with Crippen LogP contribution in [0.4, 0.5) is 0 Å². The molecule has 0 saturated heterocycles. The van der Waals surface area contributed by atoms with E-state index in [2.05, 4.69) is 42.8 Å². The van der Waals surface area contributed by atoms with Gasteiger partial charge in [-0.3, -0.25) is 0 Å². The van der Waals surface area contributed by atoms with Crippen LogP contribution in [0.2, 0.25) is 0 Å². The van der Waals surface area contributed by atoms with E-state index < -0.39 is 0 Å². The molecule has 14 heavy (non-hydrogen) atoms. The third-order valence-electron chi connectivity index (χ3n) is 2.28. The van der Waals surface area contributed by atoms with Crippen LogP contribution in [0, 0.1) is 6.92 Å². The van der Waals surface area contributed by atoms with Gasteiger partial charge in [0.15, 0.2) is 6.54 Å². The number of aryl methyl sites for hydroxylation is 1. The lowest BCUT2D eigenvalue weighted by Gasteiger charge is -1.98. The molecular weight excluding hydrogens is 305 g/mol. The highest BCUT2D eigenvalue weighted by Gasteiger charge is 2.20. The molecule has 0 aliphatic carbocycles. The van der Waals surface area contributed by atoms with Crippen LogP contribution in [0.15, 0.2) is 24.3 Å². The van der Waals surface area contributed by atoms with Crippen molar-refractivity contribution in [3.05, 3.63) is 35.4 Å². The molecule has 0 aromatic heterocycles. The van der Waals surface area contributed by atoms with Gasteiger partial charge in [-0.2, -0.15) is 0 Å². The molecule has 76 valence electrons. The van der Waals surface area contributed by atoms with Crippen molar-refractivity contribution in [1.29, 1.82) is 0 Å². The Balaban J connectivity index is 0.000000980. The second-order valence-electron chi connectivity index (χ2n) is 3.44. The molecule has 0 unspecified atom stereocenters. The van der Waals surface area contributed by atoms with E-state index in [1.54, 1.807) is 0 Å². The van der Waals surface area contributed by atoms with Crippen LogP contribution < -0.4 is 24.0 Å². The van der Waals surface area contributed by atoms with Crippen molar-refractivity contribution in [2.75, 3.05) is 19.3 Å². The Labute approximate surface area is 107 Å². The quantitative estimate of drug-likeness (QED) is 0.481. The molecule has 2 rings (SSSR count). The van der Waals surface area contributed by atoms with Crippen LogP contribution >= 0.6 is 11.8 Å². The lowest BCUT2D eigenvalue weighted by atomic mass is 10.1. The monoisotopic (exact) mass is 319 g/mol. The van der Waals surface area contributed by atoms with E-state index in [4.69, 9.17) is 0 Å². The number of nitrogens with zero attached hydrogens (tertiary/aromatic N) is 1. The van der Waals surface area contributed by atoms with Crippen LogP contribution in [0.5, 0.6) is 0 Å². The van der Waals surface area contributed by atoms with E-state index in [1.807, 2.05) is 11.8 Å². The van der Waals surface area contributed by atoms with Gasteiger partial charge < -0.3 is 24.0 Å². The topological polar surface area (TPSA) is 3.01 Å². The molecule has 0 spiro atoms. The Kier molecular flexibility index (Phi) is 4.44. The average molecular weight is 319 g/mol. The second kappa shape index (κ2) is 5.16. The van der Waals surface area contributed by atoms with Crippen LogP contribution in [0.3, 0.4) is 0 Å². The number of benzene rings is 1. The molecule has 1 aliphatic heterocycles. The van der Waals surface area contributed by atoms with Gasteiger partial charge in [-0.1, -0.05) is 29.5 Å². The van der Waals surface area contributed by atoms with E-state index in [9.17, 15) is 0 Å². The molecule has 1 heterocycles. The standard InChI is InChI=1S/C11H14NS.HI/c1-9-4-3-5-10(8-9)11-12(2)6-7-13-11;/h3-5,8H,6-7H2,1-2H3;1H/q+1;/p-1. The van der Waals surface area contributed by atoms with E-state index in [-0.39, 0.29) is 24.0 Å². The summed E-state index contributed by atoms with van der Waals surface area (Å²) in [4.78, 5) is 0. The van der Waals surface area contributed by atoms with E-state index >= 15 is 0 Å². The van der Waals surface area contributed by atoms with Crippen LogP contribution in [0.1, 0.15) is 11.1 Å². The van der Waals surface area contributed by atoms with Crippen molar-refractivity contribution in [2.45, 2.75) is 6.92 Å². The van der Waals surface area contributed by atoms with Crippen molar-refractivity contribution in [2.24, 2.45) is 0 Å². The van der Waals surface area contributed by atoms with Crippen molar-refractivity contribution >= 4 is 16.8 Å². The summed E-state index contributed by atoms with van der Waals surface area (Å²) in [6.07, 6.45) is 0. The maximum atomic E-state index is 2.33. The zero-order valence-corrected chi connectivity index (χ0v) is 11.4. The van der Waals surface area contributed by atoms with Crippen LogP contribution in [-0.2, 0) is 0 Å². The Morgan fingerprint density at radius 1 is 1.36 bits per heavy atom. The summed E-state index contributed by atoms with van der Waals surface area (Å²) >= 11 is 1.95. The highest BCUT2D eigenvalue weighted by atomic mass is 127. The summed E-state index contributed by atoms with van der Waals surface area (Å²) in [5.41, 5.74) is 2.70. The van der Waals surface area contributed by atoms with Crippen LogP contribution in [0.25, 0.3) is 0 Å². The van der Waals surface area contributed by atoms with Gasteiger partial charge in [-0.25, -0.2) is 4.58 Å². The lowest BCUT2D eigenvalue weighted by Crippen LogP contribution is -3.00. The van der Waals surface area contributed by atoms with Crippen molar-refractivity contribution in [3.8, 4) is 0 Å². The van der Waals surface area contributed by atoms with E-state index in [0.717, 1.165) is 0 Å². The normalized spacial score (nSPS) is 15.6. The first-order valence-electron chi connectivity index (χ1n) is 4.55. The van der Waals surface area contributed by atoms with Gasteiger partial charge in [0.25, 0.3) is 0 Å². The molecule has 1 nitrogen and oxygen atoms in total. The smallest absolute Gasteiger partial charge is 0.242 e. The lowest BCUT2D eigenvalue weighted by molar-refractivity contribution is -0.485. The number of hydrogen-bond donors (Lipinski definition) is 0. The molecule has 0 atom stereocenters. The van der Waals surface area contributed by atoms with Gasteiger partial charge in [0.2, 0.25) is 5.04 Å². The Morgan fingerprint density at radius 3 is 2.71 bits per heavy atom. The van der Waals surface area contributed by atoms with Gasteiger partial charge in [-0.05, 0) is 19.1 Å². The Hall–Kier alpha value is -0.0300. The SMILES string of the molecule is Cc1cccc(C2=[N+](C)CCS2)c1.[I-]. The molecule has 0 radical (unpaired) electrons. The van der Waals surface area contributed by atoms with Gasteiger partial charge in [0, 0.05) is 0 Å². The average Bonchev–Trinajstić information content (AvgIpc) is 2.51. The molecular formula is C11H14INS. The first-order chi connectivity index (χ1) is 6.27. The molecule has 0 amide bonds. The first-order valence-corrected chi connectivity index (χ1v) is 5.54. The largest absolute Gasteiger partial charge is 1.00 e. The Bertz CT molecular complexity index is 360. The fraction of sp³-hybridized carbons (Fsp3) is 0.364. The molecule has 1 aromatic carbocycles. The number of halogens is 1. The first kappa shape index (κ1) is 12.0. The maximum absolute atomic E-state index is 2.33. The summed E-state index contributed by atoms with van der Waals surface area (Å²) in [6, 6.07) is 8.72. The van der Waals surface area contributed by atoms with Gasteiger partial charge in [-0.15, -0.1) is 0 Å². The summed E-state index contributed by atoms with van der Waals surface area (Å²) < 4.78 is 2.33. The maximum Gasteiger partial charge on any atom is 0.242 e. The van der Waals surface area contributed by atoms with Crippen molar-refractivity contribution in [3.63, 3.8) is 0 Å². The second-order valence-corrected chi connectivity index (χ2v) is 4.53. The third-order valence-corrected chi connectivity index (χ3v) is 3.48. The molecule has 1 aliphatic rings. The molecule has 0 fully saturated rings. The zero-order valence-electron chi connectivity index (χ0n) is 8.46. The molecule has 0 saturated carbocycles. The van der Waals surface area contributed by atoms with Gasteiger partial charge >= 0.3 is 0 Å². The summed E-state index contributed by atoms with van der Waals surface area (Å²) in [7, 11) is 2.16. The fourth-order valence-electron chi connectivity index (χ4n) is 1.57. The zero-order chi connectivity index (χ0) is 9.26. The summed E-state index contributed by atoms with van der Waals surface area (Å²) in [5.74, 6) is 1.22. The molecule has 1 aromatic rings. The molecule has 0 bridgehead atoms. The van der Waals surface area contributed by atoms with E-state index in [0.29, 0.717) is 0 Å². The highest BCUT2D eigenvalue weighted by Crippen LogP contribution is 2.18. The predicted molar refractivity (Wildman–Crippen MR) is 58.8 cm³/mol. The van der Waals surface area contributed by atoms with Crippen molar-refractivity contribution in [1.82, 2.24) is 0 Å².